The summed E-state index contributed by atoms with van der Waals surface area (Å²) in [5.41, 5.74) is 1.15. The van der Waals surface area contributed by atoms with Gasteiger partial charge in [-0.05, 0) is 49.6 Å². The van der Waals surface area contributed by atoms with Crippen LogP contribution in [0.3, 0.4) is 0 Å². The maximum absolute atomic E-state index is 13.5. The molecule has 1 N–H and O–H groups in total. The van der Waals surface area contributed by atoms with Gasteiger partial charge < -0.3 is 10.1 Å². The molecule has 2 aromatic rings. The Morgan fingerprint density at radius 2 is 1.84 bits per heavy atom. The SMILES string of the molecule is CCCC[C@H](CC)CNC(=O)CN(c1cc(Cl)ccc1OC)S(=O)(=O)c1ccc(C)cc1. The minimum Gasteiger partial charge on any atom is -0.495 e. The third-order valence-electron chi connectivity index (χ3n) is 5.44. The molecule has 6 nitrogen and oxygen atoms in total. The number of amides is 1. The molecule has 176 valence electrons. The summed E-state index contributed by atoms with van der Waals surface area (Å²) in [5.74, 6) is 0.298. The van der Waals surface area contributed by atoms with Crippen LogP contribution in [0.1, 0.15) is 45.1 Å². The van der Waals surface area contributed by atoms with Crippen molar-refractivity contribution in [3.05, 3.63) is 53.1 Å². The van der Waals surface area contributed by atoms with E-state index < -0.39 is 10.0 Å². The van der Waals surface area contributed by atoms with Crippen LogP contribution in [0, 0.1) is 12.8 Å². The Hall–Kier alpha value is -2.25. The largest absolute Gasteiger partial charge is 0.495 e. The van der Waals surface area contributed by atoms with Gasteiger partial charge in [0.25, 0.3) is 10.0 Å². The quantitative estimate of drug-likeness (QED) is 0.454. The first-order chi connectivity index (χ1) is 15.2. The van der Waals surface area contributed by atoms with Crippen LogP contribution in [-0.4, -0.2) is 34.5 Å². The number of hydrogen-bond donors (Lipinski definition) is 1. The topological polar surface area (TPSA) is 75.7 Å². The van der Waals surface area contributed by atoms with Crippen molar-refractivity contribution in [3.63, 3.8) is 0 Å². The molecule has 0 saturated heterocycles. The molecule has 0 heterocycles. The average molecular weight is 481 g/mol. The number of aryl methyl sites for hydroxylation is 1. The second-order valence-corrected chi connectivity index (χ2v) is 10.2. The van der Waals surface area contributed by atoms with Crippen molar-refractivity contribution in [2.75, 3.05) is 24.5 Å². The van der Waals surface area contributed by atoms with Crippen LogP contribution in [0.2, 0.25) is 5.02 Å². The smallest absolute Gasteiger partial charge is 0.264 e. The van der Waals surface area contributed by atoms with Gasteiger partial charge in [-0.15, -0.1) is 0 Å². The number of rotatable bonds is 12. The minimum absolute atomic E-state index is 0.0901. The number of nitrogens with one attached hydrogen (secondary N) is 1. The van der Waals surface area contributed by atoms with Crippen LogP contribution < -0.4 is 14.4 Å². The van der Waals surface area contributed by atoms with Crippen molar-refractivity contribution >= 4 is 33.2 Å². The number of methoxy groups -OCH3 is 1. The third kappa shape index (κ3) is 6.87. The van der Waals surface area contributed by atoms with Gasteiger partial charge in [0.2, 0.25) is 5.91 Å². The Labute approximate surface area is 197 Å². The van der Waals surface area contributed by atoms with Crippen LogP contribution in [0.25, 0.3) is 0 Å². The van der Waals surface area contributed by atoms with E-state index in [2.05, 4.69) is 19.2 Å². The molecule has 8 heteroatoms. The summed E-state index contributed by atoms with van der Waals surface area (Å²) in [4.78, 5) is 12.9. The molecule has 2 rings (SSSR count). The Kier molecular flexibility index (Phi) is 9.84. The summed E-state index contributed by atoms with van der Waals surface area (Å²) in [6, 6.07) is 11.2. The predicted molar refractivity (Wildman–Crippen MR) is 130 cm³/mol. The molecule has 0 bridgehead atoms. The van der Waals surface area contributed by atoms with Crippen molar-refractivity contribution in [3.8, 4) is 5.75 Å². The van der Waals surface area contributed by atoms with E-state index in [1.54, 1.807) is 24.3 Å². The van der Waals surface area contributed by atoms with Gasteiger partial charge >= 0.3 is 0 Å². The molecule has 2 aromatic carbocycles. The molecule has 0 fully saturated rings. The fourth-order valence-corrected chi connectivity index (χ4v) is 4.97. The van der Waals surface area contributed by atoms with Gasteiger partial charge in [-0.2, -0.15) is 0 Å². The summed E-state index contributed by atoms with van der Waals surface area (Å²) in [6.07, 6.45) is 4.18. The van der Waals surface area contributed by atoms with Crippen LogP contribution in [0.5, 0.6) is 5.75 Å². The summed E-state index contributed by atoms with van der Waals surface area (Å²) in [6.45, 7) is 6.25. The van der Waals surface area contributed by atoms with E-state index in [1.165, 1.54) is 25.3 Å². The molecule has 1 atom stereocenters. The van der Waals surface area contributed by atoms with Crippen LogP contribution in [0.4, 0.5) is 5.69 Å². The second kappa shape index (κ2) is 12.1. The lowest BCUT2D eigenvalue weighted by molar-refractivity contribution is -0.119. The molecule has 1 amide bonds. The molecule has 32 heavy (non-hydrogen) atoms. The first-order valence-corrected chi connectivity index (χ1v) is 12.7. The number of carbonyl (C=O) groups is 1. The van der Waals surface area contributed by atoms with Crippen molar-refractivity contribution in [1.29, 1.82) is 0 Å². The zero-order valence-corrected chi connectivity index (χ0v) is 20.8. The summed E-state index contributed by atoms with van der Waals surface area (Å²) in [5, 5.41) is 3.25. The normalized spacial score (nSPS) is 12.3. The fraction of sp³-hybridized carbons (Fsp3) is 0.458. The van der Waals surface area contributed by atoms with E-state index in [0.29, 0.717) is 23.2 Å². The molecule has 0 aliphatic heterocycles. The van der Waals surface area contributed by atoms with Gasteiger partial charge in [-0.3, -0.25) is 9.10 Å². The van der Waals surface area contributed by atoms with E-state index in [4.69, 9.17) is 16.3 Å². The number of carbonyl (C=O) groups excluding carboxylic acids is 1. The Morgan fingerprint density at radius 3 is 2.44 bits per heavy atom. The molecule has 0 aromatic heterocycles. The van der Waals surface area contributed by atoms with Crippen molar-refractivity contribution in [1.82, 2.24) is 5.32 Å². The number of anilines is 1. The zero-order chi connectivity index (χ0) is 23.7. The zero-order valence-electron chi connectivity index (χ0n) is 19.2. The average Bonchev–Trinajstić information content (AvgIpc) is 2.77. The molecule has 0 radical (unpaired) electrons. The van der Waals surface area contributed by atoms with E-state index in [0.717, 1.165) is 35.6 Å². The second-order valence-electron chi connectivity index (χ2n) is 7.86. The Morgan fingerprint density at radius 1 is 1.16 bits per heavy atom. The van der Waals surface area contributed by atoms with Crippen molar-refractivity contribution < 1.29 is 17.9 Å². The highest BCUT2D eigenvalue weighted by molar-refractivity contribution is 7.92. The van der Waals surface area contributed by atoms with Gasteiger partial charge in [0, 0.05) is 11.6 Å². The van der Waals surface area contributed by atoms with Gasteiger partial charge in [-0.25, -0.2) is 8.42 Å². The number of benzene rings is 2. The Bertz CT molecular complexity index is 994. The molecule has 0 unspecified atom stereocenters. The lowest BCUT2D eigenvalue weighted by Gasteiger charge is -2.26. The molecule has 0 saturated carbocycles. The monoisotopic (exact) mass is 480 g/mol. The van der Waals surface area contributed by atoms with Crippen molar-refractivity contribution in [2.45, 2.75) is 51.3 Å². The van der Waals surface area contributed by atoms with Gasteiger partial charge in [0.1, 0.15) is 12.3 Å². The van der Waals surface area contributed by atoms with Gasteiger partial charge in [0.15, 0.2) is 0 Å². The van der Waals surface area contributed by atoms with Crippen LogP contribution in [0.15, 0.2) is 47.4 Å². The first-order valence-electron chi connectivity index (χ1n) is 10.9. The van der Waals surface area contributed by atoms with Crippen LogP contribution >= 0.6 is 11.6 Å². The number of unbranched alkanes of at least 4 members (excludes halogenated alkanes) is 1. The lowest BCUT2D eigenvalue weighted by atomic mass is 9.99. The van der Waals surface area contributed by atoms with Gasteiger partial charge in [0.05, 0.1) is 17.7 Å². The number of ether oxygens (including phenoxy) is 1. The van der Waals surface area contributed by atoms with E-state index >= 15 is 0 Å². The number of halogens is 1. The summed E-state index contributed by atoms with van der Waals surface area (Å²) < 4.78 is 33.5. The maximum Gasteiger partial charge on any atom is 0.264 e. The van der Waals surface area contributed by atoms with Gasteiger partial charge in [-0.1, -0.05) is 62.4 Å². The molecule has 0 aliphatic rings. The standard InChI is InChI=1S/C24H33ClN2O4S/c1-5-7-8-19(6-2)16-26-24(28)17-27(22-15-20(25)11-14-23(22)31-4)32(29,30)21-12-9-18(3)10-13-21/h9-15,19H,5-8,16-17H2,1-4H3,(H,26,28)/t19-/m0/s1. The summed E-state index contributed by atoms with van der Waals surface area (Å²) in [7, 11) is -2.59. The molecular formula is C24H33ClN2O4S. The van der Waals surface area contributed by atoms with E-state index in [-0.39, 0.29) is 23.0 Å². The lowest BCUT2D eigenvalue weighted by Crippen LogP contribution is -2.42. The highest BCUT2D eigenvalue weighted by atomic mass is 35.5. The Balaban J connectivity index is 2.36. The highest BCUT2D eigenvalue weighted by Gasteiger charge is 2.29. The highest BCUT2D eigenvalue weighted by Crippen LogP contribution is 2.34. The number of nitrogens with zero attached hydrogens (tertiary/aromatic N) is 1. The maximum atomic E-state index is 13.5. The number of sulfonamides is 1. The van der Waals surface area contributed by atoms with E-state index in [9.17, 15) is 13.2 Å². The first kappa shape index (κ1) is 26.0. The molecule has 0 aliphatic carbocycles. The van der Waals surface area contributed by atoms with Crippen molar-refractivity contribution in [2.24, 2.45) is 5.92 Å². The molecule has 0 spiro atoms. The number of hydrogen-bond acceptors (Lipinski definition) is 4. The fourth-order valence-electron chi connectivity index (χ4n) is 3.38. The molecular weight excluding hydrogens is 448 g/mol. The summed E-state index contributed by atoms with van der Waals surface area (Å²) >= 11 is 6.16. The van der Waals surface area contributed by atoms with E-state index in [1.807, 2.05) is 6.92 Å². The minimum atomic E-state index is -4.04. The third-order valence-corrected chi connectivity index (χ3v) is 7.45. The van der Waals surface area contributed by atoms with Crippen LogP contribution in [-0.2, 0) is 14.8 Å². The predicted octanol–water partition coefficient (Wildman–Crippen LogP) is 5.18.